The predicted molar refractivity (Wildman–Crippen MR) is 54.7 cm³/mol. The monoisotopic (exact) mass is 222 g/mol. The van der Waals surface area contributed by atoms with Crippen molar-refractivity contribution in [3.63, 3.8) is 0 Å². The molecule has 0 saturated heterocycles. The summed E-state index contributed by atoms with van der Waals surface area (Å²) in [5, 5.41) is 0. The summed E-state index contributed by atoms with van der Waals surface area (Å²) in [4.78, 5) is 15.1. The molecule has 6 heteroatoms. The number of ether oxygens (including phenoxy) is 1. The number of aryl methyl sites for hydroxylation is 1. The zero-order valence-electron chi connectivity index (χ0n) is 8.81. The molecule has 0 aliphatic rings. The number of anilines is 1. The van der Waals surface area contributed by atoms with Crippen molar-refractivity contribution in [2.24, 2.45) is 0 Å². The molecule has 0 aliphatic carbocycles. The molecule has 2 heterocycles. The van der Waals surface area contributed by atoms with Gasteiger partial charge in [0.25, 0.3) is 6.01 Å². The van der Waals surface area contributed by atoms with Crippen molar-refractivity contribution in [1.82, 2.24) is 4.98 Å². The van der Waals surface area contributed by atoms with E-state index < -0.39 is 5.97 Å². The van der Waals surface area contributed by atoms with Crippen LogP contribution in [0.2, 0.25) is 0 Å². The molecule has 0 saturated carbocycles. The van der Waals surface area contributed by atoms with Crippen molar-refractivity contribution in [2.75, 3.05) is 12.8 Å². The smallest absolute Gasteiger partial charge is 0.341 e. The summed E-state index contributed by atoms with van der Waals surface area (Å²) < 4.78 is 15.0. The predicted octanol–water partition coefficient (Wildman–Crippen LogP) is 1.61. The van der Waals surface area contributed by atoms with Crippen LogP contribution in [0, 0.1) is 6.92 Å². The van der Waals surface area contributed by atoms with Crippen molar-refractivity contribution in [2.45, 2.75) is 6.92 Å². The van der Waals surface area contributed by atoms with E-state index in [0.717, 1.165) is 0 Å². The molecule has 0 unspecified atom stereocenters. The minimum atomic E-state index is -0.458. The van der Waals surface area contributed by atoms with E-state index in [1.165, 1.54) is 19.4 Å². The number of rotatable bonds is 2. The number of esters is 1. The fraction of sp³-hybridized carbons (Fsp3) is 0.200. The van der Waals surface area contributed by atoms with Crippen LogP contribution in [0.15, 0.2) is 21.1 Å². The number of furan rings is 1. The number of aromatic nitrogens is 1. The normalized spacial score (nSPS) is 10.4. The Balaban J connectivity index is 2.41. The largest absolute Gasteiger partial charge is 0.465 e. The Hall–Kier alpha value is -2.24. The van der Waals surface area contributed by atoms with Gasteiger partial charge in [-0.2, -0.15) is 0 Å². The summed E-state index contributed by atoms with van der Waals surface area (Å²) in [6, 6.07) is 1.57. The summed E-state index contributed by atoms with van der Waals surface area (Å²) in [7, 11) is 1.31. The third-order valence-electron chi connectivity index (χ3n) is 2.09. The highest BCUT2D eigenvalue weighted by Gasteiger charge is 2.18. The topological polar surface area (TPSA) is 91.5 Å². The second-order valence-corrected chi connectivity index (χ2v) is 3.13. The van der Waals surface area contributed by atoms with Crippen molar-refractivity contribution < 1.29 is 18.4 Å². The highest BCUT2D eigenvalue weighted by atomic mass is 16.5. The van der Waals surface area contributed by atoms with Gasteiger partial charge in [-0.15, -0.1) is 0 Å². The fourth-order valence-electron chi connectivity index (χ4n) is 1.32. The molecular weight excluding hydrogens is 212 g/mol. The first-order valence-corrected chi connectivity index (χ1v) is 4.52. The van der Waals surface area contributed by atoms with Crippen LogP contribution < -0.4 is 5.73 Å². The Kier molecular flexibility index (Phi) is 2.40. The Morgan fingerprint density at radius 2 is 2.19 bits per heavy atom. The maximum absolute atomic E-state index is 11.3. The number of methoxy groups -OCH3 is 1. The summed E-state index contributed by atoms with van der Waals surface area (Å²) in [5.74, 6) is 0.759. The molecule has 0 fully saturated rings. The number of nitrogens with zero attached hydrogens (tertiary/aromatic N) is 1. The van der Waals surface area contributed by atoms with Gasteiger partial charge in [0.15, 0.2) is 11.5 Å². The van der Waals surface area contributed by atoms with Crippen LogP contribution in [0.25, 0.3) is 11.5 Å². The third-order valence-corrected chi connectivity index (χ3v) is 2.09. The Morgan fingerprint density at radius 3 is 2.75 bits per heavy atom. The van der Waals surface area contributed by atoms with Crippen LogP contribution in [-0.2, 0) is 4.74 Å². The lowest BCUT2D eigenvalue weighted by molar-refractivity contribution is 0.0599. The van der Waals surface area contributed by atoms with E-state index >= 15 is 0 Å². The summed E-state index contributed by atoms with van der Waals surface area (Å²) in [5.41, 5.74) is 5.69. The molecule has 2 aromatic heterocycles. The Labute approximate surface area is 91.0 Å². The summed E-state index contributed by atoms with van der Waals surface area (Å²) in [6.45, 7) is 1.66. The van der Waals surface area contributed by atoms with Gasteiger partial charge in [0, 0.05) is 6.07 Å². The van der Waals surface area contributed by atoms with E-state index in [9.17, 15) is 4.79 Å². The minimum Gasteiger partial charge on any atom is -0.465 e. The first-order valence-electron chi connectivity index (χ1n) is 4.52. The zero-order valence-corrected chi connectivity index (χ0v) is 8.81. The van der Waals surface area contributed by atoms with Crippen LogP contribution in [0.1, 0.15) is 16.1 Å². The van der Waals surface area contributed by atoms with E-state index in [2.05, 4.69) is 9.72 Å². The molecule has 16 heavy (non-hydrogen) atoms. The second kappa shape index (κ2) is 3.73. The van der Waals surface area contributed by atoms with E-state index in [-0.39, 0.29) is 6.01 Å². The molecule has 0 radical (unpaired) electrons. The van der Waals surface area contributed by atoms with Crippen LogP contribution in [-0.4, -0.2) is 18.1 Å². The van der Waals surface area contributed by atoms with Gasteiger partial charge in [-0.3, -0.25) is 0 Å². The number of carbonyl (C=O) groups is 1. The maximum Gasteiger partial charge on any atom is 0.341 e. The molecule has 0 atom stereocenters. The van der Waals surface area contributed by atoms with E-state index in [1.54, 1.807) is 6.92 Å². The fourth-order valence-corrected chi connectivity index (χ4v) is 1.32. The molecule has 2 N–H and O–H groups in total. The average molecular weight is 222 g/mol. The number of oxazole rings is 1. The van der Waals surface area contributed by atoms with Gasteiger partial charge >= 0.3 is 5.97 Å². The molecule has 6 nitrogen and oxygen atoms in total. The number of hydrogen-bond acceptors (Lipinski definition) is 6. The highest BCUT2D eigenvalue weighted by molar-refractivity contribution is 5.91. The summed E-state index contributed by atoms with van der Waals surface area (Å²) >= 11 is 0. The molecule has 84 valence electrons. The van der Waals surface area contributed by atoms with Gasteiger partial charge in [0.2, 0.25) is 0 Å². The standard InChI is InChI=1S/C10H10N2O4/c1-5-6(9(13)14-2)3-7(15-5)8-4-12-10(11)16-8/h3-4H,1-2H3,(H2,11,12). The number of carbonyl (C=O) groups excluding carboxylic acids is 1. The van der Waals surface area contributed by atoms with E-state index in [1.807, 2.05) is 0 Å². The maximum atomic E-state index is 11.3. The lowest BCUT2D eigenvalue weighted by Crippen LogP contribution is -2.00. The van der Waals surface area contributed by atoms with Crippen LogP contribution in [0.3, 0.4) is 0 Å². The third kappa shape index (κ3) is 1.65. The van der Waals surface area contributed by atoms with Crippen LogP contribution in [0.5, 0.6) is 0 Å². The molecular formula is C10H10N2O4. The quantitative estimate of drug-likeness (QED) is 0.776. The average Bonchev–Trinajstić information content (AvgIpc) is 2.83. The van der Waals surface area contributed by atoms with Crippen LogP contribution >= 0.6 is 0 Å². The lowest BCUT2D eigenvalue weighted by Gasteiger charge is -1.93. The molecule has 0 bridgehead atoms. The van der Waals surface area contributed by atoms with E-state index in [0.29, 0.717) is 22.8 Å². The van der Waals surface area contributed by atoms with Gasteiger partial charge < -0.3 is 19.3 Å². The van der Waals surface area contributed by atoms with E-state index in [4.69, 9.17) is 14.6 Å². The molecule has 2 aromatic rings. The molecule has 0 amide bonds. The van der Waals surface area contributed by atoms with Gasteiger partial charge in [-0.25, -0.2) is 9.78 Å². The van der Waals surface area contributed by atoms with Crippen molar-refractivity contribution in [3.8, 4) is 11.5 Å². The SMILES string of the molecule is COC(=O)c1cc(-c2cnc(N)o2)oc1C. The van der Waals surface area contributed by atoms with Gasteiger partial charge in [-0.1, -0.05) is 0 Å². The van der Waals surface area contributed by atoms with Crippen molar-refractivity contribution in [1.29, 1.82) is 0 Å². The molecule has 0 aromatic carbocycles. The second-order valence-electron chi connectivity index (χ2n) is 3.13. The first kappa shape index (κ1) is 10.3. The highest BCUT2D eigenvalue weighted by Crippen LogP contribution is 2.26. The molecule has 0 aliphatic heterocycles. The van der Waals surface area contributed by atoms with Crippen LogP contribution in [0.4, 0.5) is 6.01 Å². The summed E-state index contributed by atoms with van der Waals surface area (Å²) in [6.07, 6.45) is 1.43. The number of nitrogens with two attached hydrogens (primary N) is 1. The minimum absolute atomic E-state index is 0.0451. The van der Waals surface area contributed by atoms with Gasteiger partial charge in [0.05, 0.1) is 13.3 Å². The lowest BCUT2D eigenvalue weighted by atomic mass is 10.2. The Morgan fingerprint density at radius 1 is 1.44 bits per heavy atom. The Bertz CT molecular complexity index is 527. The number of hydrogen-bond donors (Lipinski definition) is 1. The van der Waals surface area contributed by atoms with Crippen molar-refractivity contribution >= 4 is 12.0 Å². The zero-order chi connectivity index (χ0) is 11.7. The molecule has 0 spiro atoms. The van der Waals surface area contributed by atoms with Crippen molar-refractivity contribution in [3.05, 3.63) is 23.6 Å². The first-order chi connectivity index (χ1) is 7.61. The van der Waals surface area contributed by atoms with Gasteiger partial charge in [-0.05, 0) is 6.92 Å². The molecule has 2 rings (SSSR count). The number of nitrogen functional groups attached to an aromatic ring is 1. The van der Waals surface area contributed by atoms with Gasteiger partial charge in [0.1, 0.15) is 11.3 Å².